The van der Waals surface area contributed by atoms with Crippen molar-refractivity contribution in [1.29, 1.82) is 0 Å². The second kappa shape index (κ2) is 5.03. The fourth-order valence-corrected chi connectivity index (χ4v) is 1.51. The number of hydrogen-bond donors (Lipinski definition) is 1. The Morgan fingerprint density at radius 3 is 2.73 bits per heavy atom. The highest BCUT2D eigenvalue weighted by atomic mass is 15.1. The van der Waals surface area contributed by atoms with E-state index in [2.05, 4.69) is 23.7 Å². The second-order valence-corrected chi connectivity index (χ2v) is 3.94. The third kappa shape index (κ3) is 3.13. The second-order valence-electron chi connectivity index (χ2n) is 3.94. The van der Waals surface area contributed by atoms with Crippen LogP contribution < -0.4 is 5.73 Å². The van der Waals surface area contributed by atoms with Crippen molar-refractivity contribution in [2.45, 2.75) is 39.7 Å². The maximum absolute atomic E-state index is 6.11. The molecule has 2 N–H and O–H groups in total. The van der Waals surface area contributed by atoms with Crippen LogP contribution in [0.4, 0.5) is 0 Å². The Morgan fingerprint density at radius 2 is 2.13 bits per heavy atom. The Balaban J connectivity index is 2.85. The SMILES string of the molecule is C=C(CC)CC(N)c1cc(C)nnc1C. The summed E-state index contributed by atoms with van der Waals surface area (Å²) in [4.78, 5) is 0. The molecule has 0 radical (unpaired) electrons. The molecule has 1 atom stereocenters. The lowest BCUT2D eigenvalue weighted by Gasteiger charge is -2.14. The zero-order valence-corrected chi connectivity index (χ0v) is 9.75. The Kier molecular flexibility index (Phi) is 3.97. The van der Waals surface area contributed by atoms with Crippen LogP contribution in [0.15, 0.2) is 18.2 Å². The van der Waals surface area contributed by atoms with Gasteiger partial charge in [-0.05, 0) is 38.3 Å². The lowest BCUT2D eigenvalue weighted by molar-refractivity contribution is 0.683. The monoisotopic (exact) mass is 205 g/mol. The van der Waals surface area contributed by atoms with Gasteiger partial charge in [0.25, 0.3) is 0 Å². The fraction of sp³-hybridized carbons (Fsp3) is 0.500. The molecule has 1 unspecified atom stereocenters. The standard InChI is InChI=1S/C12H19N3/c1-5-8(2)6-12(13)11-7-9(3)14-15-10(11)4/h7,12H,2,5-6,13H2,1,3-4H3. The first-order valence-corrected chi connectivity index (χ1v) is 5.27. The average molecular weight is 205 g/mol. The summed E-state index contributed by atoms with van der Waals surface area (Å²) in [6, 6.07) is 2.00. The number of nitrogens with two attached hydrogens (primary N) is 1. The molecule has 0 aromatic carbocycles. The molecule has 0 spiro atoms. The number of aromatic nitrogens is 2. The molecule has 1 aromatic rings. The Morgan fingerprint density at radius 1 is 1.47 bits per heavy atom. The predicted molar refractivity (Wildman–Crippen MR) is 62.5 cm³/mol. The van der Waals surface area contributed by atoms with Crippen molar-refractivity contribution in [1.82, 2.24) is 10.2 Å². The first kappa shape index (κ1) is 11.9. The van der Waals surface area contributed by atoms with Crippen LogP contribution in [0.25, 0.3) is 0 Å². The van der Waals surface area contributed by atoms with Gasteiger partial charge in [-0.25, -0.2) is 0 Å². The third-order valence-corrected chi connectivity index (χ3v) is 2.55. The zero-order chi connectivity index (χ0) is 11.4. The summed E-state index contributed by atoms with van der Waals surface area (Å²) in [6.45, 7) is 9.94. The van der Waals surface area contributed by atoms with Gasteiger partial charge in [-0.2, -0.15) is 10.2 Å². The van der Waals surface area contributed by atoms with Crippen molar-refractivity contribution in [3.05, 3.63) is 35.2 Å². The van der Waals surface area contributed by atoms with E-state index in [0.717, 1.165) is 29.8 Å². The van der Waals surface area contributed by atoms with Crippen molar-refractivity contribution in [3.63, 3.8) is 0 Å². The van der Waals surface area contributed by atoms with Gasteiger partial charge in [0.05, 0.1) is 11.4 Å². The van der Waals surface area contributed by atoms with E-state index < -0.39 is 0 Å². The molecule has 15 heavy (non-hydrogen) atoms. The minimum atomic E-state index is -0.00773. The smallest absolute Gasteiger partial charge is 0.0648 e. The van der Waals surface area contributed by atoms with E-state index in [1.165, 1.54) is 5.57 Å². The largest absolute Gasteiger partial charge is 0.324 e. The maximum Gasteiger partial charge on any atom is 0.0648 e. The Labute approximate surface area is 91.4 Å². The van der Waals surface area contributed by atoms with Crippen LogP contribution in [0, 0.1) is 13.8 Å². The van der Waals surface area contributed by atoms with Crippen LogP contribution in [-0.2, 0) is 0 Å². The van der Waals surface area contributed by atoms with Gasteiger partial charge >= 0.3 is 0 Å². The zero-order valence-electron chi connectivity index (χ0n) is 9.75. The van der Waals surface area contributed by atoms with Gasteiger partial charge in [-0.15, -0.1) is 0 Å². The molecule has 0 bridgehead atoms. The quantitative estimate of drug-likeness (QED) is 0.768. The van der Waals surface area contributed by atoms with Crippen LogP contribution in [0.3, 0.4) is 0 Å². The van der Waals surface area contributed by atoms with E-state index in [1.54, 1.807) is 0 Å². The number of nitrogens with zero attached hydrogens (tertiary/aromatic N) is 2. The van der Waals surface area contributed by atoms with Crippen LogP contribution in [0.5, 0.6) is 0 Å². The lowest BCUT2D eigenvalue weighted by Crippen LogP contribution is -2.14. The molecule has 0 aliphatic heterocycles. The molecule has 0 saturated carbocycles. The minimum Gasteiger partial charge on any atom is -0.324 e. The molecule has 3 heteroatoms. The van der Waals surface area contributed by atoms with Crippen molar-refractivity contribution < 1.29 is 0 Å². The third-order valence-electron chi connectivity index (χ3n) is 2.55. The summed E-state index contributed by atoms with van der Waals surface area (Å²) in [5.41, 5.74) is 10.2. The first-order valence-electron chi connectivity index (χ1n) is 5.27. The summed E-state index contributed by atoms with van der Waals surface area (Å²) in [6.07, 6.45) is 1.80. The number of hydrogen-bond acceptors (Lipinski definition) is 3. The highest BCUT2D eigenvalue weighted by molar-refractivity contribution is 5.24. The van der Waals surface area contributed by atoms with E-state index in [9.17, 15) is 0 Å². The molecular formula is C12H19N3. The van der Waals surface area contributed by atoms with Crippen molar-refractivity contribution in [2.24, 2.45) is 5.73 Å². The van der Waals surface area contributed by atoms with E-state index >= 15 is 0 Å². The topological polar surface area (TPSA) is 51.8 Å². The highest BCUT2D eigenvalue weighted by Gasteiger charge is 2.11. The molecule has 0 fully saturated rings. The molecule has 82 valence electrons. The number of aryl methyl sites for hydroxylation is 2. The van der Waals surface area contributed by atoms with Gasteiger partial charge in [-0.3, -0.25) is 0 Å². The van der Waals surface area contributed by atoms with Crippen LogP contribution in [-0.4, -0.2) is 10.2 Å². The molecule has 1 rings (SSSR count). The van der Waals surface area contributed by atoms with Crippen molar-refractivity contribution >= 4 is 0 Å². The molecule has 0 aliphatic carbocycles. The lowest BCUT2D eigenvalue weighted by atomic mass is 9.98. The summed E-state index contributed by atoms with van der Waals surface area (Å²) in [5, 5.41) is 8.07. The molecule has 0 saturated heterocycles. The molecule has 3 nitrogen and oxygen atoms in total. The van der Waals surface area contributed by atoms with Gasteiger partial charge in [0, 0.05) is 6.04 Å². The van der Waals surface area contributed by atoms with E-state index in [-0.39, 0.29) is 6.04 Å². The molecule has 0 amide bonds. The van der Waals surface area contributed by atoms with Gasteiger partial charge in [0.15, 0.2) is 0 Å². The normalized spacial score (nSPS) is 12.5. The summed E-state index contributed by atoms with van der Waals surface area (Å²) in [5.74, 6) is 0. The summed E-state index contributed by atoms with van der Waals surface area (Å²) >= 11 is 0. The molecular weight excluding hydrogens is 186 g/mol. The Hall–Kier alpha value is -1.22. The van der Waals surface area contributed by atoms with E-state index in [4.69, 9.17) is 5.73 Å². The van der Waals surface area contributed by atoms with Gasteiger partial charge in [0.1, 0.15) is 0 Å². The van der Waals surface area contributed by atoms with Crippen molar-refractivity contribution in [2.75, 3.05) is 0 Å². The minimum absolute atomic E-state index is 0.00773. The van der Waals surface area contributed by atoms with Gasteiger partial charge in [0.2, 0.25) is 0 Å². The first-order chi connectivity index (χ1) is 7.04. The van der Waals surface area contributed by atoms with Crippen molar-refractivity contribution in [3.8, 4) is 0 Å². The average Bonchev–Trinajstić information content (AvgIpc) is 2.21. The molecule has 1 heterocycles. The van der Waals surface area contributed by atoms with Gasteiger partial charge < -0.3 is 5.73 Å². The highest BCUT2D eigenvalue weighted by Crippen LogP contribution is 2.21. The summed E-state index contributed by atoms with van der Waals surface area (Å²) in [7, 11) is 0. The predicted octanol–water partition coefficient (Wildman–Crippen LogP) is 2.45. The van der Waals surface area contributed by atoms with Gasteiger partial charge in [-0.1, -0.05) is 19.1 Å². The van der Waals surface area contributed by atoms with E-state index in [1.807, 2.05) is 19.9 Å². The molecule has 0 aliphatic rings. The fourth-order valence-electron chi connectivity index (χ4n) is 1.51. The van der Waals surface area contributed by atoms with Crippen LogP contribution >= 0.6 is 0 Å². The summed E-state index contributed by atoms with van der Waals surface area (Å²) < 4.78 is 0. The van der Waals surface area contributed by atoms with E-state index in [0.29, 0.717) is 0 Å². The Bertz CT molecular complexity index is 358. The van der Waals surface area contributed by atoms with Crippen LogP contribution in [0.2, 0.25) is 0 Å². The maximum atomic E-state index is 6.11. The van der Waals surface area contributed by atoms with Crippen LogP contribution in [0.1, 0.15) is 42.8 Å². The molecule has 1 aromatic heterocycles. The number of rotatable bonds is 4.